The lowest BCUT2D eigenvalue weighted by atomic mass is 10.1. The van der Waals surface area contributed by atoms with E-state index in [1.807, 2.05) is 12.1 Å². The monoisotopic (exact) mass is 391 g/mol. The van der Waals surface area contributed by atoms with Crippen LogP contribution in [0.1, 0.15) is 32.8 Å². The number of nitrogens with zero attached hydrogens (tertiary/aromatic N) is 1. The number of carbonyl (C=O) groups is 4. The molecule has 1 atom stereocenters. The molecule has 0 bridgehead atoms. The van der Waals surface area contributed by atoms with Crippen LogP contribution in [-0.4, -0.2) is 54.0 Å². The second-order valence-corrected chi connectivity index (χ2v) is 6.96. The van der Waals surface area contributed by atoms with Crippen LogP contribution in [0.25, 0.3) is 0 Å². The Balaban J connectivity index is 1.75. The Labute approximate surface area is 163 Å². The molecule has 9 nitrogen and oxygen atoms in total. The van der Waals surface area contributed by atoms with Gasteiger partial charge in [-0.3, -0.25) is 19.3 Å². The molecule has 1 aromatic carbocycles. The number of rotatable bonds is 8. The first-order valence-corrected chi connectivity index (χ1v) is 8.88. The maximum atomic E-state index is 12.1. The predicted octanol–water partition coefficient (Wildman–Crippen LogP) is 0.964. The Morgan fingerprint density at radius 1 is 1.21 bits per heavy atom. The summed E-state index contributed by atoms with van der Waals surface area (Å²) in [7, 11) is 1.57. The van der Waals surface area contributed by atoms with Gasteiger partial charge in [-0.05, 0) is 38.5 Å². The summed E-state index contributed by atoms with van der Waals surface area (Å²) >= 11 is 0. The highest BCUT2D eigenvalue weighted by molar-refractivity contribution is 6.06. The van der Waals surface area contributed by atoms with Crippen molar-refractivity contribution < 1.29 is 28.7 Å². The van der Waals surface area contributed by atoms with Crippen LogP contribution in [0.5, 0.6) is 5.75 Å². The Bertz CT molecular complexity index is 759. The van der Waals surface area contributed by atoms with Gasteiger partial charge in [0.15, 0.2) is 6.10 Å². The van der Waals surface area contributed by atoms with Crippen molar-refractivity contribution in [2.45, 2.75) is 45.4 Å². The molecule has 0 saturated carbocycles. The third kappa shape index (κ3) is 5.21. The van der Waals surface area contributed by atoms with Crippen molar-refractivity contribution in [1.82, 2.24) is 15.5 Å². The van der Waals surface area contributed by atoms with Crippen molar-refractivity contribution in [3.05, 3.63) is 29.8 Å². The zero-order valence-corrected chi connectivity index (χ0v) is 16.4. The number of methoxy groups -OCH3 is 1. The van der Waals surface area contributed by atoms with E-state index in [0.717, 1.165) is 10.5 Å². The highest BCUT2D eigenvalue weighted by Gasteiger charge is 2.44. The number of hydrogen-bond donors (Lipinski definition) is 2. The van der Waals surface area contributed by atoms with Gasteiger partial charge in [0.25, 0.3) is 11.8 Å². The molecule has 1 heterocycles. The van der Waals surface area contributed by atoms with Crippen LogP contribution in [0, 0.1) is 0 Å². The Morgan fingerprint density at radius 3 is 2.39 bits per heavy atom. The van der Waals surface area contributed by atoms with Crippen LogP contribution in [0.15, 0.2) is 24.3 Å². The summed E-state index contributed by atoms with van der Waals surface area (Å²) in [5.41, 5.74) is -0.121. The summed E-state index contributed by atoms with van der Waals surface area (Å²) in [5, 5.41) is 5.21. The van der Waals surface area contributed by atoms with Gasteiger partial charge in [0.2, 0.25) is 0 Å². The normalized spacial score (nSPS) is 16.4. The summed E-state index contributed by atoms with van der Waals surface area (Å²) in [6.45, 7) is 4.80. The Kier molecular flexibility index (Phi) is 6.61. The summed E-state index contributed by atoms with van der Waals surface area (Å²) in [6, 6.07) is 6.64. The molecule has 9 heteroatoms. The third-order valence-electron chi connectivity index (χ3n) is 4.29. The smallest absolute Gasteiger partial charge is 0.325 e. The van der Waals surface area contributed by atoms with Crippen LogP contribution in [0.2, 0.25) is 0 Å². The van der Waals surface area contributed by atoms with E-state index in [2.05, 4.69) is 10.6 Å². The number of ether oxygens (including phenoxy) is 2. The minimum absolute atomic E-state index is 0.104. The molecule has 28 heavy (non-hydrogen) atoms. The average molecular weight is 391 g/mol. The molecule has 1 saturated heterocycles. The van der Waals surface area contributed by atoms with E-state index in [1.165, 1.54) is 6.92 Å². The number of urea groups is 1. The van der Waals surface area contributed by atoms with E-state index in [-0.39, 0.29) is 19.5 Å². The average Bonchev–Trinajstić information content (AvgIpc) is 2.85. The van der Waals surface area contributed by atoms with Crippen molar-refractivity contribution in [2.24, 2.45) is 0 Å². The van der Waals surface area contributed by atoms with Crippen molar-refractivity contribution in [2.75, 3.05) is 13.7 Å². The number of amides is 4. The number of esters is 1. The number of carbonyl (C=O) groups excluding carboxylic acids is 4. The summed E-state index contributed by atoms with van der Waals surface area (Å²) < 4.78 is 10.1. The van der Waals surface area contributed by atoms with Gasteiger partial charge in [-0.25, -0.2) is 4.79 Å². The molecule has 0 aliphatic carbocycles. The SMILES string of the molecule is COc1ccc(CNC(=O)[C@H](C)OC(=O)CCN2C(=O)NC(C)(C)C2=O)cc1. The molecule has 2 N–H and O–H groups in total. The molecule has 1 aromatic rings. The first-order valence-electron chi connectivity index (χ1n) is 8.88. The van der Waals surface area contributed by atoms with Gasteiger partial charge in [0.05, 0.1) is 13.5 Å². The molecule has 4 amide bonds. The van der Waals surface area contributed by atoms with Crippen molar-refractivity contribution in [1.29, 1.82) is 0 Å². The molecule has 1 aliphatic rings. The van der Waals surface area contributed by atoms with Crippen LogP contribution in [0.4, 0.5) is 4.79 Å². The fourth-order valence-corrected chi connectivity index (χ4v) is 2.61. The molecule has 2 rings (SSSR count). The largest absolute Gasteiger partial charge is 0.497 e. The molecule has 0 radical (unpaired) electrons. The second-order valence-electron chi connectivity index (χ2n) is 6.96. The first-order chi connectivity index (χ1) is 13.1. The fourth-order valence-electron chi connectivity index (χ4n) is 2.61. The number of nitrogens with one attached hydrogen (secondary N) is 2. The second kappa shape index (κ2) is 8.73. The maximum Gasteiger partial charge on any atom is 0.325 e. The van der Waals surface area contributed by atoms with Crippen molar-refractivity contribution in [3.63, 3.8) is 0 Å². The van der Waals surface area contributed by atoms with Gasteiger partial charge in [0.1, 0.15) is 11.3 Å². The standard InChI is InChI=1S/C19H25N3O6/c1-12(16(24)20-11-13-5-7-14(27-4)8-6-13)28-15(23)9-10-22-17(25)19(2,3)21-18(22)26/h5-8,12H,9-11H2,1-4H3,(H,20,24)(H,21,26)/t12-/m0/s1. The zero-order valence-electron chi connectivity index (χ0n) is 16.4. The summed E-state index contributed by atoms with van der Waals surface area (Å²) in [4.78, 5) is 48.8. The maximum absolute atomic E-state index is 12.1. The summed E-state index contributed by atoms with van der Waals surface area (Å²) in [5.74, 6) is -0.806. The lowest BCUT2D eigenvalue weighted by Gasteiger charge is -2.17. The Morgan fingerprint density at radius 2 is 1.86 bits per heavy atom. The zero-order chi connectivity index (χ0) is 20.9. The van der Waals surface area contributed by atoms with E-state index >= 15 is 0 Å². The summed E-state index contributed by atoms with van der Waals surface area (Å²) in [6.07, 6.45) is -1.18. The fraction of sp³-hybridized carbons (Fsp3) is 0.474. The minimum atomic E-state index is -0.995. The van der Waals surface area contributed by atoms with Crippen LogP contribution in [-0.2, 0) is 25.7 Å². The first kappa shape index (κ1) is 21.2. The molecule has 152 valence electrons. The lowest BCUT2D eigenvalue weighted by Crippen LogP contribution is -2.40. The van der Waals surface area contributed by atoms with Crippen molar-refractivity contribution in [3.8, 4) is 5.75 Å². The predicted molar refractivity (Wildman–Crippen MR) is 99.3 cm³/mol. The third-order valence-corrected chi connectivity index (χ3v) is 4.29. The van der Waals surface area contributed by atoms with Gasteiger partial charge in [0, 0.05) is 13.1 Å². The van der Waals surface area contributed by atoms with Gasteiger partial charge in [-0.15, -0.1) is 0 Å². The number of imide groups is 1. The van der Waals surface area contributed by atoms with Gasteiger partial charge < -0.3 is 20.1 Å². The molecule has 1 fully saturated rings. The quantitative estimate of drug-likeness (QED) is 0.504. The van der Waals surface area contributed by atoms with Crippen LogP contribution >= 0.6 is 0 Å². The topological polar surface area (TPSA) is 114 Å². The lowest BCUT2D eigenvalue weighted by molar-refractivity contribution is -0.155. The molecule has 0 unspecified atom stereocenters. The van der Waals surface area contributed by atoms with Crippen molar-refractivity contribution >= 4 is 23.8 Å². The van der Waals surface area contributed by atoms with Crippen LogP contribution in [0.3, 0.4) is 0 Å². The molecular weight excluding hydrogens is 366 g/mol. The highest BCUT2D eigenvalue weighted by atomic mass is 16.5. The van der Waals surface area contributed by atoms with E-state index < -0.39 is 35.5 Å². The molecule has 1 aliphatic heterocycles. The molecule has 0 spiro atoms. The van der Waals surface area contributed by atoms with E-state index in [4.69, 9.17) is 9.47 Å². The van der Waals surface area contributed by atoms with Gasteiger partial charge in [-0.2, -0.15) is 0 Å². The van der Waals surface area contributed by atoms with Crippen LogP contribution < -0.4 is 15.4 Å². The van der Waals surface area contributed by atoms with Gasteiger partial charge in [-0.1, -0.05) is 12.1 Å². The van der Waals surface area contributed by atoms with E-state index in [0.29, 0.717) is 5.75 Å². The highest BCUT2D eigenvalue weighted by Crippen LogP contribution is 2.17. The Hall–Kier alpha value is -3.10. The van der Waals surface area contributed by atoms with Gasteiger partial charge >= 0.3 is 12.0 Å². The molecular formula is C19H25N3O6. The number of hydrogen-bond acceptors (Lipinski definition) is 6. The van der Waals surface area contributed by atoms with E-state index in [9.17, 15) is 19.2 Å². The molecule has 0 aromatic heterocycles. The van der Waals surface area contributed by atoms with E-state index in [1.54, 1.807) is 33.1 Å². The minimum Gasteiger partial charge on any atom is -0.497 e. The number of benzene rings is 1.